The summed E-state index contributed by atoms with van der Waals surface area (Å²) in [6.07, 6.45) is -2.77. The molecule has 0 bridgehead atoms. The Morgan fingerprint density at radius 2 is 1.22 bits per heavy atom. The van der Waals surface area contributed by atoms with Gasteiger partial charge in [0.2, 0.25) is 12.7 Å². The van der Waals surface area contributed by atoms with Gasteiger partial charge in [0.1, 0.15) is 12.2 Å². The van der Waals surface area contributed by atoms with E-state index in [0.717, 1.165) is 9.13 Å². The number of hydrogen-bond donors (Lipinski definition) is 8. The van der Waals surface area contributed by atoms with E-state index in [1.165, 1.54) is 12.7 Å². The molecule has 0 aliphatic carbocycles. The number of H-pyrrole nitrogens is 2. The van der Waals surface area contributed by atoms with Crippen LogP contribution < -0.4 is 44.4 Å². The maximum Gasteiger partial charge on any atom is 0.446 e. The van der Waals surface area contributed by atoms with Gasteiger partial charge < -0.3 is 58.3 Å². The van der Waals surface area contributed by atoms with Gasteiger partial charge >= 0.3 is 23.3 Å². The first-order valence-corrected chi connectivity index (χ1v) is 11.4. The number of nitrogen functional groups attached to an aromatic ring is 2. The summed E-state index contributed by atoms with van der Waals surface area (Å²) >= 11 is 0. The summed E-state index contributed by atoms with van der Waals surface area (Å²) in [6, 6.07) is 0. The van der Waals surface area contributed by atoms with Gasteiger partial charge in [-0.1, -0.05) is 9.97 Å². The molecule has 36 heavy (non-hydrogen) atoms. The summed E-state index contributed by atoms with van der Waals surface area (Å²) in [5.74, 6) is -0.00862. The van der Waals surface area contributed by atoms with Crippen LogP contribution in [-0.4, -0.2) is 84.4 Å². The SMILES string of the molecule is CS(=O)(=O)[O-].Nc1nc[n+]([C@H]2C[C@@H](O)[C@@H](O)O2)c(=O)[nH]1.Nc1nc[n+]([C@H]2C[C@@H](O)[C@@H](O)O2)c(=O)[nH]1.[Cl-]. The second kappa shape index (κ2) is 12.9. The van der Waals surface area contributed by atoms with E-state index in [2.05, 4.69) is 19.9 Å². The zero-order valence-corrected chi connectivity index (χ0v) is 20.0. The monoisotopic (exact) mass is 560 g/mol. The number of aliphatic hydroxyl groups is 4. The Hall–Kier alpha value is -2.82. The first-order chi connectivity index (χ1) is 16.2. The van der Waals surface area contributed by atoms with Crippen LogP contribution in [0, 0.1) is 0 Å². The summed E-state index contributed by atoms with van der Waals surface area (Å²) in [4.78, 5) is 34.7. The number of anilines is 2. The van der Waals surface area contributed by atoms with Crippen molar-refractivity contribution < 1.29 is 64.4 Å². The number of aliphatic hydroxyl groups excluding tert-OH is 4. The van der Waals surface area contributed by atoms with Gasteiger partial charge in [0.25, 0.3) is 0 Å². The van der Waals surface area contributed by atoms with Gasteiger partial charge in [0, 0.05) is 19.1 Å². The third kappa shape index (κ3) is 9.33. The second-order valence-electron chi connectivity index (χ2n) is 7.21. The fraction of sp³-hybridized carbons (Fsp3) is 0.600. The molecule has 2 saturated heterocycles. The molecule has 0 unspecified atom stereocenters. The molecule has 10 N–H and O–H groups in total. The number of halogens is 1. The Bertz CT molecular complexity index is 1120. The van der Waals surface area contributed by atoms with Crippen LogP contribution in [0.5, 0.6) is 0 Å². The van der Waals surface area contributed by atoms with Crippen molar-refractivity contribution in [3.05, 3.63) is 33.6 Å². The van der Waals surface area contributed by atoms with Gasteiger partial charge in [0.05, 0.1) is 10.1 Å². The largest absolute Gasteiger partial charge is 1.00 e. The van der Waals surface area contributed by atoms with Crippen molar-refractivity contribution in [1.82, 2.24) is 19.9 Å². The minimum absolute atomic E-state index is 0. The molecule has 204 valence electrons. The molecule has 2 aliphatic rings. The van der Waals surface area contributed by atoms with Gasteiger partial charge in [-0.15, -0.1) is 0 Å². The van der Waals surface area contributed by atoms with E-state index in [9.17, 15) is 19.8 Å². The van der Waals surface area contributed by atoms with E-state index in [0.29, 0.717) is 6.26 Å². The maximum absolute atomic E-state index is 11.4. The van der Waals surface area contributed by atoms with Crippen molar-refractivity contribution in [2.75, 3.05) is 17.7 Å². The number of nitrogens with zero attached hydrogens (tertiary/aromatic N) is 4. The van der Waals surface area contributed by atoms with Crippen LogP contribution in [0.25, 0.3) is 0 Å². The number of rotatable bonds is 2. The molecule has 0 saturated carbocycles. The Morgan fingerprint density at radius 1 is 0.917 bits per heavy atom. The summed E-state index contributed by atoms with van der Waals surface area (Å²) < 4.78 is 39.4. The van der Waals surface area contributed by atoms with Gasteiger partial charge in [-0.25, -0.2) is 18.0 Å². The molecule has 0 spiro atoms. The fourth-order valence-corrected chi connectivity index (χ4v) is 2.80. The summed E-state index contributed by atoms with van der Waals surface area (Å²) in [7, 11) is -3.92. The minimum atomic E-state index is -3.92. The Kier molecular flexibility index (Phi) is 11.2. The van der Waals surface area contributed by atoms with Crippen molar-refractivity contribution in [3.8, 4) is 0 Å². The molecular formula is C15H25ClN8O11S. The molecule has 0 radical (unpaired) electrons. The van der Waals surface area contributed by atoms with Crippen LogP contribution in [-0.2, 0) is 19.6 Å². The molecule has 4 rings (SSSR count). The first-order valence-electron chi connectivity index (χ1n) is 9.61. The van der Waals surface area contributed by atoms with Crippen LogP contribution >= 0.6 is 0 Å². The number of aromatic nitrogens is 6. The number of ether oxygens (including phenoxy) is 2. The molecule has 2 fully saturated rings. The van der Waals surface area contributed by atoms with Crippen LogP contribution in [0.15, 0.2) is 22.2 Å². The molecule has 2 aliphatic heterocycles. The average molecular weight is 561 g/mol. The summed E-state index contributed by atoms with van der Waals surface area (Å²) in [6.45, 7) is 0. The van der Waals surface area contributed by atoms with Gasteiger partial charge in [0.15, 0.2) is 25.0 Å². The van der Waals surface area contributed by atoms with Gasteiger partial charge in [-0.2, -0.15) is 19.1 Å². The molecule has 19 nitrogen and oxygen atoms in total. The smallest absolute Gasteiger partial charge is 0.446 e. The molecule has 0 aromatic carbocycles. The lowest BCUT2D eigenvalue weighted by Crippen LogP contribution is -3.00. The predicted octanol–water partition coefficient (Wildman–Crippen LogP) is -9.36. The zero-order chi connectivity index (χ0) is 26.5. The molecular weight excluding hydrogens is 536 g/mol. The molecule has 2 aromatic rings. The number of nitrogens with two attached hydrogens (primary N) is 2. The van der Waals surface area contributed by atoms with E-state index in [1.54, 1.807) is 0 Å². The van der Waals surface area contributed by atoms with Crippen LogP contribution in [0.4, 0.5) is 11.9 Å². The molecule has 2 aromatic heterocycles. The highest BCUT2D eigenvalue weighted by molar-refractivity contribution is 7.84. The standard InChI is InChI=1S/2C7H10N4O4.CH4O3S.ClH/c2*8-6-9-2-11(7(14)10-6)4-1-3(12)5(13)15-4;1-5(2,3)4;/h2*2-5,12-13H,1H2,(H2,8,10,14);1H3,(H,2,3,4);1H/t2*3-,4-,5+;;/m11../s1. The van der Waals surface area contributed by atoms with Gasteiger partial charge in [-0.3, -0.25) is 0 Å². The zero-order valence-electron chi connectivity index (χ0n) is 18.4. The lowest BCUT2D eigenvalue weighted by molar-refractivity contribution is -0.778. The highest BCUT2D eigenvalue weighted by atomic mass is 35.5. The second-order valence-corrected chi connectivity index (χ2v) is 8.62. The van der Waals surface area contributed by atoms with Crippen molar-refractivity contribution in [2.24, 2.45) is 0 Å². The van der Waals surface area contributed by atoms with E-state index < -0.39 is 58.7 Å². The Morgan fingerprint density at radius 3 is 1.44 bits per heavy atom. The lowest BCUT2D eigenvalue weighted by Gasteiger charge is -2.06. The van der Waals surface area contributed by atoms with E-state index in [1.807, 2.05) is 0 Å². The summed E-state index contributed by atoms with van der Waals surface area (Å²) in [5.41, 5.74) is 9.51. The number of hydrogen-bond acceptors (Lipinski definition) is 15. The quantitative estimate of drug-likeness (QED) is 0.125. The normalized spacial score (nSPS) is 27.2. The van der Waals surface area contributed by atoms with Crippen molar-refractivity contribution in [3.63, 3.8) is 0 Å². The van der Waals surface area contributed by atoms with Crippen molar-refractivity contribution in [1.29, 1.82) is 0 Å². The predicted molar refractivity (Wildman–Crippen MR) is 108 cm³/mol. The van der Waals surface area contributed by atoms with Crippen LogP contribution in [0.3, 0.4) is 0 Å². The summed E-state index contributed by atoms with van der Waals surface area (Å²) in [5, 5.41) is 36.7. The van der Waals surface area contributed by atoms with E-state index >= 15 is 0 Å². The molecule has 21 heteroatoms. The molecule has 0 amide bonds. The van der Waals surface area contributed by atoms with E-state index in [-0.39, 0.29) is 37.1 Å². The molecule has 4 heterocycles. The lowest BCUT2D eigenvalue weighted by atomic mass is 10.3. The van der Waals surface area contributed by atoms with Crippen LogP contribution in [0.1, 0.15) is 25.3 Å². The molecule has 6 atom stereocenters. The highest BCUT2D eigenvalue weighted by Gasteiger charge is 2.37. The van der Waals surface area contributed by atoms with Crippen LogP contribution in [0.2, 0.25) is 0 Å². The topological polar surface area (TPSA) is 308 Å². The Labute approximate surface area is 208 Å². The van der Waals surface area contributed by atoms with Crippen molar-refractivity contribution in [2.45, 2.75) is 50.1 Å². The van der Waals surface area contributed by atoms with E-state index in [4.69, 9.17) is 44.1 Å². The average Bonchev–Trinajstić information content (AvgIpc) is 3.22. The number of aromatic amines is 2. The van der Waals surface area contributed by atoms with Gasteiger partial charge in [-0.05, 0) is 0 Å². The van der Waals surface area contributed by atoms with Crippen molar-refractivity contribution >= 4 is 22.0 Å². The number of nitrogens with one attached hydrogen (secondary N) is 2. The third-order valence-electron chi connectivity index (χ3n) is 4.34. The third-order valence-corrected chi connectivity index (χ3v) is 4.34. The maximum atomic E-state index is 11.4. The Balaban J connectivity index is 0.000000298. The first kappa shape index (κ1) is 31.2. The minimum Gasteiger partial charge on any atom is -1.00 e. The fourth-order valence-electron chi connectivity index (χ4n) is 2.80. The highest BCUT2D eigenvalue weighted by Crippen LogP contribution is 2.22.